The third kappa shape index (κ3) is 3.89. The molecule has 1 heterocycles. The molecule has 144 valence electrons. The second-order valence-corrected chi connectivity index (χ2v) is 7.38. The SMILES string of the molecule is Cc1[nH]n(-c2ccc(C(=O)O)cc2)c(=O)c1N=Nc1ccc(S(N)(=O)=O)cc1. The molecule has 0 saturated heterocycles. The van der Waals surface area contributed by atoms with Crippen LogP contribution in [0.15, 0.2) is 68.4 Å². The summed E-state index contributed by atoms with van der Waals surface area (Å²) in [5, 5.41) is 24.7. The van der Waals surface area contributed by atoms with Crippen molar-refractivity contribution in [3.8, 4) is 5.69 Å². The number of aryl methyl sites for hydroxylation is 1. The monoisotopic (exact) mass is 401 g/mol. The molecule has 0 saturated carbocycles. The van der Waals surface area contributed by atoms with Crippen molar-refractivity contribution in [2.75, 3.05) is 0 Å². The Balaban J connectivity index is 1.91. The van der Waals surface area contributed by atoms with Gasteiger partial charge >= 0.3 is 5.97 Å². The maximum absolute atomic E-state index is 12.6. The number of carbonyl (C=O) groups is 1. The average molecular weight is 401 g/mol. The number of carboxylic acid groups (broad SMARTS) is 1. The minimum Gasteiger partial charge on any atom is -0.478 e. The Hall–Kier alpha value is -3.57. The van der Waals surface area contributed by atoms with Crippen LogP contribution in [0.1, 0.15) is 16.1 Å². The zero-order valence-corrected chi connectivity index (χ0v) is 15.3. The molecule has 2 aromatic carbocycles. The molecule has 10 nitrogen and oxygen atoms in total. The second kappa shape index (κ2) is 7.21. The minimum atomic E-state index is -3.80. The number of carboxylic acids is 1. The molecule has 3 rings (SSSR count). The molecule has 3 aromatic rings. The van der Waals surface area contributed by atoms with Crippen LogP contribution < -0.4 is 10.7 Å². The summed E-state index contributed by atoms with van der Waals surface area (Å²) in [6.45, 7) is 1.64. The van der Waals surface area contributed by atoms with Gasteiger partial charge in [0.15, 0.2) is 5.69 Å². The Morgan fingerprint density at radius 3 is 2.21 bits per heavy atom. The van der Waals surface area contributed by atoms with Gasteiger partial charge in [0.1, 0.15) is 0 Å². The summed E-state index contributed by atoms with van der Waals surface area (Å²) >= 11 is 0. The lowest BCUT2D eigenvalue weighted by Gasteiger charge is -2.01. The second-order valence-electron chi connectivity index (χ2n) is 5.82. The number of nitrogens with one attached hydrogen (secondary N) is 1. The largest absolute Gasteiger partial charge is 0.478 e. The topological polar surface area (TPSA) is 160 Å². The van der Waals surface area contributed by atoms with Crippen molar-refractivity contribution in [3.05, 3.63) is 70.1 Å². The van der Waals surface area contributed by atoms with E-state index in [1.807, 2.05) is 0 Å². The summed E-state index contributed by atoms with van der Waals surface area (Å²) < 4.78 is 23.7. The smallest absolute Gasteiger partial charge is 0.335 e. The van der Waals surface area contributed by atoms with Gasteiger partial charge in [-0.1, -0.05) is 0 Å². The van der Waals surface area contributed by atoms with Crippen molar-refractivity contribution in [2.24, 2.45) is 15.4 Å². The highest BCUT2D eigenvalue weighted by molar-refractivity contribution is 7.89. The first-order valence-electron chi connectivity index (χ1n) is 7.87. The van der Waals surface area contributed by atoms with Gasteiger partial charge in [0.2, 0.25) is 10.0 Å². The van der Waals surface area contributed by atoms with E-state index >= 15 is 0 Å². The van der Waals surface area contributed by atoms with E-state index in [4.69, 9.17) is 10.2 Å². The van der Waals surface area contributed by atoms with Crippen LogP contribution in [0.4, 0.5) is 11.4 Å². The standard InChI is InChI=1S/C17H15N5O5S/c1-10-15(20-19-12-4-8-14(9-5-12)28(18,26)27)16(23)22(21-10)13-6-2-11(3-7-13)17(24)25/h2-9,21H,1H3,(H,24,25)(H2,18,26,27). The quantitative estimate of drug-likeness (QED) is 0.558. The normalized spacial score (nSPS) is 11.8. The lowest BCUT2D eigenvalue weighted by molar-refractivity contribution is 0.0697. The lowest BCUT2D eigenvalue weighted by Crippen LogP contribution is -2.14. The van der Waals surface area contributed by atoms with Crippen molar-refractivity contribution in [1.82, 2.24) is 9.78 Å². The molecule has 4 N–H and O–H groups in total. The van der Waals surface area contributed by atoms with Crippen LogP contribution in [-0.4, -0.2) is 29.3 Å². The van der Waals surface area contributed by atoms with Gasteiger partial charge in [0.25, 0.3) is 5.56 Å². The fourth-order valence-electron chi connectivity index (χ4n) is 2.40. The molecule has 0 radical (unpaired) electrons. The number of aromatic carboxylic acids is 1. The van der Waals surface area contributed by atoms with Crippen molar-refractivity contribution in [3.63, 3.8) is 0 Å². The van der Waals surface area contributed by atoms with Crippen molar-refractivity contribution in [2.45, 2.75) is 11.8 Å². The first kappa shape index (κ1) is 19.2. The Morgan fingerprint density at radius 1 is 1.07 bits per heavy atom. The van der Waals surface area contributed by atoms with Gasteiger partial charge in [0.05, 0.1) is 27.5 Å². The van der Waals surface area contributed by atoms with Gasteiger partial charge in [-0.15, -0.1) is 5.11 Å². The number of rotatable bonds is 5. The molecule has 0 bridgehead atoms. The molecular weight excluding hydrogens is 386 g/mol. The van der Waals surface area contributed by atoms with Gasteiger partial charge in [-0.3, -0.25) is 9.89 Å². The molecule has 0 aliphatic rings. The van der Waals surface area contributed by atoms with E-state index in [2.05, 4.69) is 15.3 Å². The summed E-state index contributed by atoms with van der Waals surface area (Å²) in [7, 11) is -3.80. The van der Waals surface area contributed by atoms with Crippen LogP contribution in [-0.2, 0) is 10.0 Å². The fraction of sp³-hybridized carbons (Fsp3) is 0.0588. The molecule has 28 heavy (non-hydrogen) atoms. The summed E-state index contributed by atoms with van der Waals surface area (Å²) in [6.07, 6.45) is 0. The van der Waals surface area contributed by atoms with E-state index in [1.54, 1.807) is 6.92 Å². The minimum absolute atomic E-state index is 0.0589. The number of nitrogens with zero attached hydrogens (tertiary/aromatic N) is 3. The highest BCUT2D eigenvalue weighted by Gasteiger charge is 2.13. The van der Waals surface area contributed by atoms with Crippen molar-refractivity contribution < 1.29 is 18.3 Å². The number of hydrogen-bond acceptors (Lipinski definition) is 6. The van der Waals surface area contributed by atoms with E-state index < -0.39 is 21.6 Å². The molecule has 0 amide bonds. The number of primary sulfonamides is 1. The van der Waals surface area contributed by atoms with Crippen LogP contribution in [0.2, 0.25) is 0 Å². The number of benzene rings is 2. The third-order valence-corrected chi connectivity index (χ3v) is 4.77. The van der Waals surface area contributed by atoms with Gasteiger partial charge in [-0.2, -0.15) is 5.11 Å². The van der Waals surface area contributed by atoms with Crippen LogP contribution in [0.5, 0.6) is 0 Å². The van der Waals surface area contributed by atoms with Crippen molar-refractivity contribution >= 4 is 27.4 Å². The number of azo groups is 1. The van der Waals surface area contributed by atoms with E-state index in [-0.39, 0.29) is 16.1 Å². The van der Waals surface area contributed by atoms with E-state index in [1.165, 1.54) is 53.2 Å². The Labute approximate surface area is 159 Å². The molecule has 0 fully saturated rings. The van der Waals surface area contributed by atoms with Gasteiger partial charge < -0.3 is 5.11 Å². The Morgan fingerprint density at radius 2 is 1.68 bits per heavy atom. The molecule has 1 aromatic heterocycles. The molecular formula is C17H15N5O5S. The number of H-pyrrole nitrogens is 1. The number of sulfonamides is 1. The molecule has 0 spiro atoms. The highest BCUT2D eigenvalue weighted by Crippen LogP contribution is 2.20. The molecule has 0 aliphatic heterocycles. The molecule has 0 unspecified atom stereocenters. The van der Waals surface area contributed by atoms with Gasteiger partial charge in [0, 0.05) is 0 Å². The van der Waals surface area contributed by atoms with E-state index in [9.17, 15) is 18.0 Å². The third-order valence-electron chi connectivity index (χ3n) is 3.84. The number of aromatic nitrogens is 2. The van der Waals surface area contributed by atoms with Gasteiger partial charge in [-0.05, 0) is 55.5 Å². The van der Waals surface area contributed by atoms with Crippen molar-refractivity contribution in [1.29, 1.82) is 0 Å². The lowest BCUT2D eigenvalue weighted by atomic mass is 10.2. The predicted octanol–water partition coefficient (Wildman–Crippen LogP) is 2.24. The van der Waals surface area contributed by atoms with Crippen LogP contribution in [0, 0.1) is 6.92 Å². The van der Waals surface area contributed by atoms with E-state index in [0.717, 1.165) is 0 Å². The maximum Gasteiger partial charge on any atom is 0.335 e. The highest BCUT2D eigenvalue weighted by atomic mass is 32.2. The van der Waals surface area contributed by atoms with Gasteiger partial charge in [-0.25, -0.2) is 23.0 Å². The van der Waals surface area contributed by atoms with E-state index in [0.29, 0.717) is 17.1 Å². The fourth-order valence-corrected chi connectivity index (χ4v) is 2.92. The number of nitrogens with two attached hydrogens (primary N) is 1. The van der Waals surface area contributed by atoms with Crippen LogP contribution >= 0.6 is 0 Å². The summed E-state index contributed by atoms with van der Waals surface area (Å²) in [5.41, 5.74) is 0.935. The number of hydrogen-bond donors (Lipinski definition) is 3. The molecule has 0 aliphatic carbocycles. The summed E-state index contributed by atoms with van der Waals surface area (Å²) in [4.78, 5) is 23.4. The number of aromatic amines is 1. The predicted molar refractivity (Wildman–Crippen MR) is 100 cm³/mol. The zero-order chi connectivity index (χ0) is 20.5. The van der Waals surface area contributed by atoms with Crippen LogP contribution in [0.25, 0.3) is 5.69 Å². The first-order valence-corrected chi connectivity index (χ1v) is 9.41. The Kier molecular flexibility index (Phi) is 4.94. The zero-order valence-electron chi connectivity index (χ0n) is 14.5. The Bertz CT molecular complexity index is 1220. The van der Waals surface area contributed by atoms with Crippen LogP contribution in [0.3, 0.4) is 0 Å². The maximum atomic E-state index is 12.6. The summed E-state index contributed by atoms with van der Waals surface area (Å²) in [5.74, 6) is -1.07. The molecule has 0 atom stereocenters. The average Bonchev–Trinajstić information content (AvgIpc) is 2.93. The molecule has 11 heteroatoms. The first-order chi connectivity index (χ1) is 13.2. The summed E-state index contributed by atoms with van der Waals surface area (Å²) in [6, 6.07) is 11.2.